The van der Waals surface area contributed by atoms with Crippen LogP contribution in [0.3, 0.4) is 0 Å². The molecule has 0 unspecified atom stereocenters. The number of nitrogens with zero attached hydrogens (tertiary/aromatic N) is 2. The first kappa shape index (κ1) is 20.3. The minimum absolute atomic E-state index is 0.0240. The van der Waals surface area contributed by atoms with Crippen molar-refractivity contribution in [1.82, 2.24) is 4.90 Å². The summed E-state index contributed by atoms with van der Waals surface area (Å²) in [5.74, 6) is -1.33. The molecule has 4 rings (SSSR count). The first-order chi connectivity index (χ1) is 14.4. The topological polar surface area (TPSA) is 52.6 Å². The van der Waals surface area contributed by atoms with E-state index in [0.29, 0.717) is 30.9 Å². The molecule has 1 aliphatic heterocycles. The van der Waals surface area contributed by atoms with Crippen molar-refractivity contribution in [1.29, 1.82) is 0 Å². The summed E-state index contributed by atoms with van der Waals surface area (Å²) in [7, 11) is 0. The highest BCUT2D eigenvalue weighted by Gasteiger charge is 2.31. The molecule has 5 nitrogen and oxygen atoms in total. The summed E-state index contributed by atoms with van der Waals surface area (Å²) in [4.78, 5) is 28.7. The van der Waals surface area contributed by atoms with E-state index in [-0.39, 0.29) is 30.0 Å². The number of benzene rings is 2. The van der Waals surface area contributed by atoms with Gasteiger partial charge in [-0.3, -0.25) is 9.69 Å². The van der Waals surface area contributed by atoms with Crippen LogP contribution < -0.4 is 10.2 Å². The zero-order valence-electron chi connectivity index (χ0n) is 17.0. The third-order valence-electron chi connectivity index (χ3n) is 5.90. The molecule has 1 heterocycles. The Balaban J connectivity index is 1.57. The van der Waals surface area contributed by atoms with Gasteiger partial charge in [0.1, 0.15) is 11.6 Å². The minimum Gasteiger partial charge on any atom is -0.324 e. The van der Waals surface area contributed by atoms with Crippen molar-refractivity contribution in [2.75, 3.05) is 23.3 Å². The molecule has 0 aromatic heterocycles. The summed E-state index contributed by atoms with van der Waals surface area (Å²) < 4.78 is 28.2. The Morgan fingerprint density at radius 3 is 2.50 bits per heavy atom. The first-order valence-corrected chi connectivity index (χ1v) is 10.3. The van der Waals surface area contributed by atoms with Crippen molar-refractivity contribution in [3.8, 4) is 0 Å². The second kappa shape index (κ2) is 8.42. The Labute approximate surface area is 174 Å². The van der Waals surface area contributed by atoms with Crippen LogP contribution in [0.5, 0.6) is 0 Å². The molecule has 1 aliphatic carbocycles. The molecule has 158 valence electrons. The van der Waals surface area contributed by atoms with Gasteiger partial charge in [-0.15, -0.1) is 0 Å². The van der Waals surface area contributed by atoms with E-state index in [1.54, 1.807) is 4.90 Å². The molecule has 2 aromatic rings. The van der Waals surface area contributed by atoms with Gasteiger partial charge in [-0.2, -0.15) is 0 Å². The van der Waals surface area contributed by atoms with Crippen LogP contribution in [0.1, 0.15) is 36.8 Å². The van der Waals surface area contributed by atoms with Gasteiger partial charge in [-0.1, -0.05) is 18.6 Å². The number of carbonyl (C=O) groups excluding carboxylic acids is 2. The van der Waals surface area contributed by atoms with Crippen molar-refractivity contribution < 1.29 is 18.4 Å². The van der Waals surface area contributed by atoms with Crippen molar-refractivity contribution >= 4 is 23.3 Å². The highest BCUT2D eigenvalue weighted by Crippen LogP contribution is 2.33. The number of halogens is 2. The molecule has 3 amide bonds. The lowest BCUT2D eigenvalue weighted by atomic mass is 9.85. The highest BCUT2D eigenvalue weighted by molar-refractivity contribution is 6.01. The van der Waals surface area contributed by atoms with E-state index in [1.165, 1.54) is 23.1 Å². The number of carbonyl (C=O) groups is 2. The van der Waals surface area contributed by atoms with Crippen molar-refractivity contribution in [2.24, 2.45) is 5.92 Å². The summed E-state index contributed by atoms with van der Waals surface area (Å²) in [5, 5.41) is 2.98. The third-order valence-corrected chi connectivity index (χ3v) is 5.90. The van der Waals surface area contributed by atoms with E-state index in [9.17, 15) is 18.4 Å². The molecule has 0 atom stereocenters. The predicted octanol–water partition coefficient (Wildman–Crippen LogP) is 4.84. The Morgan fingerprint density at radius 1 is 1.10 bits per heavy atom. The van der Waals surface area contributed by atoms with Gasteiger partial charge in [0.15, 0.2) is 0 Å². The summed E-state index contributed by atoms with van der Waals surface area (Å²) in [5.41, 5.74) is 2.06. The highest BCUT2D eigenvalue weighted by atomic mass is 19.1. The monoisotopic (exact) mass is 413 g/mol. The second-order valence-corrected chi connectivity index (χ2v) is 8.05. The number of rotatable bonds is 5. The van der Waals surface area contributed by atoms with Gasteiger partial charge >= 0.3 is 6.03 Å². The fraction of sp³-hybridized carbons (Fsp3) is 0.391. The Morgan fingerprint density at radius 2 is 1.83 bits per heavy atom. The molecule has 1 saturated heterocycles. The fourth-order valence-electron chi connectivity index (χ4n) is 3.92. The quantitative estimate of drug-likeness (QED) is 0.762. The lowest BCUT2D eigenvalue weighted by Crippen LogP contribution is -2.49. The lowest BCUT2D eigenvalue weighted by molar-refractivity contribution is -0.122. The van der Waals surface area contributed by atoms with Gasteiger partial charge in [-0.25, -0.2) is 13.6 Å². The number of nitrogens with one attached hydrogen (secondary N) is 1. The van der Waals surface area contributed by atoms with E-state index < -0.39 is 11.6 Å². The number of aryl methyl sites for hydroxylation is 1. The number of urea groups is 1. The SMILES string of the molecule is Cc1ccc(N2CCCN(Cc3c(F)cccc3F)C2=O)c(NC(=O)C2CCC2)c1. The number of amides is 3. The van der Waals surface area contributed by atoms with Gasteiger partial charge in [-0.05, 0) is 56.0 Å². The Hall–Kier alpha value is -2.96. The van der Waals surface area contributed by atoms with E-state index >= 15 is 0 Å². The van der Waals surface area contributed by atoms with E-state index in [0.717, 1.165) is 24.8 Å². The van der Waals surface area contributed by atoms with Crippen LogP contribution in [0.2, 0.25) is 0 Å². The zero-order valence-corrected chi connectivity index (χ0v) is 17.0. The fourth-order valence-corrected chi connectivity index (χ4v) is 3.92. The summed E-state index contributed by atoms with van der Waals surface area (Å²) in [6, 6.07) is 8.92. The maximum Gasteiger partial charge on any atom is 0.324 e. The average Bonchev–Trinajstić information content (AvgIpc) is 2.65. The van der Waals surface area contributed by atoms with Crippen LogP contribution in [0, 0.1) is 24.5 Å². The van der Waals surface area contributed by atoms with Crippen molar-refractivity contribution in [2.45, 2.75) is 39.2 Å². The zero-order chi connectivity index (χ0) is 21.3. The van der Waals surface area contributed by atoms with Crippen LogP contribution >= 0.6 is 0 Å². The second-order valence-electron chi connectivity index (χ2n) is 8.05. The van der Waals surface area contributed by atoms with Gasteiger partial charge in [0.25, 0.3) is 0 Å². The van der Waals surface area contributed by atoms with E-state index in [2.05, 4.69) is 5.32 Å². The van der Waals surface area contributed by atoms with Crippen LogP contribution in [0.15, 0.2) is 36.4 Å². The van der Waals surface area contributed by atoms with Crippen LogP contribution in [0.4, 0.5) is 25.0 Å². The molecule has 1 saturated carbocycles. The van der Waals surface area contributed by atoms with Gasteiger partial charge in [0, 0.05) is 24.6 Å². The molecule has 2 aromatic carbocycles. The maximum absolute atomic E-state index is 14.1. The molecular weight excluding hydrogens is 388 g/mol. The third kappa shape index (κ3) is 4.01. The molecule has 2 fully saturated rings. The van der Waals surface area contributed by atoms with Crippen LogP contribution in [-0.4, -0.2) is 29.9 Å². The number of hydrogen-bond donors (Lipinski definition) is 1. The van der Waals surface area contributed by atoms with E-state index in [4.69, 9.17) is 0 Å². The predicted molar refractivity (Wildman–Crippen MR) is 111 cm³/mol. The lowest BCUT2D eigenvalue weighted by Gasteiger charge is -2.37. The molecule has 0 spiro atoms. The van der Waals surface area contributed by atoms with Crippen LogP contribution in [0.25, 0.3) is 0 Å². The largest absolute Gasteiger partial charge is 0.324 e. The van der Waals surface area contributed by atoms with Gasteiger partial charge in [0.2, 0.25) is 5.91 Å². The Kier molecular flexibility index (Phi) is 5.70. The molecule has 2 aliphatic rings. The maximum atomic E-state index is 14.1. The molecule has 7 heteroatoms. The molecule has 0 bridgehead atoms. The molecule has 1 N–H and O–H groups in total. The normalized spacial score (nSPS) is 17.1. The number of hydrogen-bond acceptors (Lipinski definition) is 2. The summed E-state index contributed by atoms with van der Waals surface area (Å²) in [6.07, 6.45) is 3.49. The standard InChI is InChI=1S/C23H25F2N3O2/c1-15-9-10-21(20(13-15)26-22(29)16-5-2-6-16)28-12-4-11-27(23(28)30)14-17-18(24)7-3-8-19(17)25/h3,7-10,13,16H,2,4-6,11-12,14H2,1H3,(H,26,29). The number of anilines is 2. The van der Waals surface area contributed by atoms with Crippen LogP contribution in [-0.2, 0) is 11.3 Å². The molecule has 30 heavy (non-hydrogen) atoms. The van der Waals surface area contributed by atoms with Gasteiger partial charge in [0.05, 0.1) is 17.9 Å². The van der Waals surface area contributed by atoms with Gasteiger partial charge < -0.3 is 10.2 Å². The average molecular weight is 413 g/mol. The first-order valence-electron chi connectivity index (χ1n) is 10.3. The van der Waals surface area contributed by atoms with E-state index in [1.807, 2.05) is 25.1 Å². The van der Waals surface area contributed by atoms with Crippen molar-refractivity contribution in [3.05, 3.63) is 59.2 Å². The molecular formula is C23H25F2N3O2. The summed E-state index contributed by atoms with van der Waals surface area (Å²) in [6.45, 7) is 2.68. The smallest absolute Gasteiger partial charge is 0.324 e. The Bertz CT molecular complexity index is 955. The summed E-state index contributed by atoms with van der Waals surface area (Å²) >= 11 is 0. The minimum atomic E-state index is -0.663. The van der Waals surface area contributed by atoms with Crippen molar-refractivity contribution in [3.63, 3.8) is 0 Å². The molecule has 0 radical (unpaired) electrons.